The number of amides is 1. The number of hydrogen-bond acceptors (Lipinski definition) is 5. The van der Waals surface area contributed by atoms with Crippen LogP contribution in [0.4, 0.5) is 5.69 Å². The zero-order chi connectivity index (χ0) is 25.4. The van der Waals surface area contributed by atoms with Crippen LogP contribution in [0.2, 0.25) is 0 Å². The van der Waals surface area contributed by atoms with Crippen LogP contribution in [-0.4, -0.2) is 56.9 Å². The minimum Gasteiger partial charge on any atom is -0.397 e. The Morgan fingerprint density at radius 3 is 2.56 bits per heavy atom. The van der Waals surface area contributed by atoms with Crippen LogP contribution in [0.15, 0.2) is 60.9 Å². The predicted octanol–water partition coefficient (Wildman–Crippen LogP) is 4.69. The van der Waals surface area contributed by atoms with Gasteiger partial charge in [0.2, 0.25) is 0 Å². The Morgan fingerprint density at radius 2 is 1.89 bits per heavy atom. The average Bonchev–Trinajstić information content (AvgIpc) is 3.20. The fraction of sp³-hybridized carbons (Fsp3) is 0.345. The van der Waals surface area contributed by atoms with Crippen molar-refractivity contribution >= 4 is 22.6 Å². The highest BCUT2D eigenvalue weighted by Crippen LogP contribution is 2.34. The van der Waals surface area contributed by atoms with Crippen LogP contribution in [0.25, 0.3) is 22.3 Å². The monoisotopic (exact) mass is 482 g/mol. The molecular weight excluding hydrogens is 448 g/mol. The number of carbonyl (C=O) groups is 1. The Balaban J connectivity index is 1.31. The number of aryl methyl sites for hydroxylation is 1. The lowest BCUT2D eigenvalue weighted by molar-refractivity contribution is 0.0827. The van der Waals surface area contributed by atoms with Gasteiger partial charge in [0.25, 0.3) is 5.91 Å². The van der Waals surface area contributed by atoms with E-state index in [9.17, 15) is 4.79 Å². The van der Waals surface area contributed by atoms with Gasteiger partial charge in [-0.3, -0.25) is 14.7 Å². The number of pyridine rings is 2. The number of rotatable bonds is 5. The molecule has 7 nitrogen and oxygen atoms in total. The molecule has 186 valence electrons. The third-order valence-corrected chi connectivity index (χ3v) is 7.50. The largest absolute Gasteiger partial charge is 0.397 e. The van der Waals surface area contributed by atoms with Gasteiger partial charge in [-0.15, -0.1) is 0 Å². The molecule has 1 aromatic carbocycles. The average molecular weight is 483 g/mol. The van der Waals surface area contributed by atoms with Gasteiger partial charge in [-0.05, 0) is 74.2 Å². The number of nitrogens with two attached hydrogens (primary N) is 1. The lowest BCUT2D eigenvalue weighted by Crippen LogP contribution is -2.39. The molecule has 36 heavy (non-hydrogen) atoms. The van der Waals surface area contributed by atoms with Crippen LogP contribution >= 0.6 is 0 Å². The molecule has 2 atom stereocenters. The summed E-state index contributed by atoms with van der Waals surface area (Å²) >= 11 is 0. The van der Waals surface area contributed by atoms with Crippen LogP contribution in [0.5, 0.6) is 0 Å². The Labute approximate surface area is 212 Å². The van der Waals surface area contributed by atoms with E-state index in [0.29, 0.717) is 17.6 Å². The van der Waals surface area contributed by atoms with Crippen molar-refractivity contribution in [2.75, 3.05) is 26.4 Å². The first kappa shape index (κ1) is 24.0. The maximum absolute atomic E-state index is 12.2. The number of hydrogen-bond donors (Lipinski definition) is 1. The van der Waals surface area contributed by atoms with Crippen molar-refractivity contribution in [2.45, 2.75) is 38.3 Å². The molecule has 0 radical (unpaired) electrons. The van der Waals surface area contributed by atoms with Crippen molar-refractivity contribution in [3.8, 4) is 11.3 Å². The van der Waals surface area contributed by atoms with Gasteiger partial charge in [0.1, 0.15) is 5.65 Å². The van der Waals surface area contributed by atoms with E-state index in [2.05, 4.69) is 51.6 Å². The molecule has 3 aromatic heterocycles. The molecule has 1 saturated heterocycles. The molecule has 1 aliphatic heterocycles. The number of carbonyl (C=O) groups excluding carboxylic acids is 1. The highest BCUT2D eigenvalue weighted by molar-refractivity contribution is 5.94. The minimum absolute atomic E-state index is 0.0458. The molecule has 7 heteroatoms. The number of likely N-dealkylation sites (tertiary alicyclic amines) is 1. The third kappa shape index (κ3) is 4.58. The molecule has 0 bridgehead atoms. The Bertz CT molecular complexity index is 1370. The summed E-state index contributed by atoms with van der Waals surface area (Å²) < 4.78 is 2.20. The number of benzene rings is 1. The molecular formula is C29H34N6O. The van der Waals surface area contributed by atoms with E-state index in [4.69, 9.17) is 5.73 Å². The van der Waals surface area contributed by atoms with E-state index in [1.54, 1.807) is 25.2 Å². The van der Waals surface area contributed by atoms with Crippen LogP contribution in [0, 0.1) is 0 Å². The van der Waals surface area contributed by atoms with Crippen LogP contribution in [0.1, 0.15) is 47.3 Å². The summed E-state index contributed by atoms with van der Waals surface area (Å²) in [6.07, 6.45) is 5.76. The molecule has 2 N–H and O–H groups in total. The molecule has 5 rings (SSSR count). The van der Waals surface area contributed by atoms with E-state index in [0.717, 1.165) is 53.8 Å². The molecule has 1 fully saturated rings. The molecule has 4 heterocycles. The Kier molecular flexibility index (Phi) is 6.49. The quantitative estimate of drug-likeness (QED) is 0.446. The zero-order valence-electron chi connectivity index (χ0n) is 21.5. The van der Waals surface area contributed by atoms with Gasteiger partial charge in [-0.1, -0.05) is 12.1 Å². The molecule has 4 aromatic rings. The summed E-state index contributed by atoms with van der Waals surface area (Å²) in [5.74, 6) is 0.557. The van der Waals surface area contributed by atoms with Crippen LogP contribution in [-0.2, 0) is 13.6 Å². The van der Waals surface area contributed by atoms with Crippen molar-refractivity contribution in [3.05, 3.63) is 77.7 Å². The summed E-state index contributed by atoms with van der Waals surface area (Å²) in [5.41, 5.74) is 12.8. The van der Waals surface area contributed by atoms with Crippen molar-refractivity contribution < 1.29 is 4.79 Å². The smallest absolute Gasteiger partial charge is 0.253 e. The van der Waals surface area contributed by atoms with Crippen molar-refractivity contribution in [2.24, 2.45) is 7.05 Å². The topological polar surface area (TPSA) is 80.3 Å². The van der Waals surface area contributed by atoms with E-state index < -0.39 is 0 Å². The second kappa shape index (κ2) is 9.74. The fourth-order valence-corrected chi connectivity index (χ4v) is 5.33. The van der Waals surface area contributed by atoms with Crippen molar-refractivity contribution in [1.29, 1.82) is 0 Å². The molecule has 0 unspecified atom stereocenters. The predicted molar refractivity (Wildman–Crippen MR) is 145 cm³/mol. The summed E-state index contributed by atoms with van der Waals surface area (Å²) in [6.45, 7) is 4.23. The normalized spacial score (nSPS) is 18.4. The van der Waals surface area contributed by atoms with E-state index in [-0.39, 0.29) is 5.91 Å². The first-order valence-corrected chi connectivity index (χ1v) is 12.5. The highest BCUT2D eigenvalue weighted by atomic mass is 16.2. The van der Waals surface area contributed by atoms with Gasteiger partial charge in [0.05, 0.1) is 17.6 Å². The second-order valence-electron chi connectivity index (χ2n) is 10.1. The SMILES string of the molecule is C[C@@H]1C[C@@H](c2ccc(C(=O)N(C)C)cc2)CCN1Cc1cc2c(-c3ccc(N)cn3)ccnc2n1C. The van der Waals surface area contributed by atoms with Gasteiger partial charge in [-0.2, -0.15) is 0 Å². The van der Waals surface area contributed by atoms with Crippen LogP contribution in [0.3, 0.4) is 0 Å². The number of fused-ring (bicyclic) bond motifs is 1. The number of nitrogen functional groups attached to an aromatic ring is 1. The number of anilines is 1. The third-order valence-electron chi connectivity index (χ3n) is 7.50. The maximum atomic E-state index is 12.2. The standard InChI is InChI=1S/C29H34N6O/c1-19-15-22(20-5-7-21(8-6-20)29(36)33(2)3)12-14-35(19)18-24-16-26-25(11-13-31-28(26)34(24)4)27-10-9-23(30)17-32-27/h5-11,13,16-17,19,22H,12,14-15,18,30H2,1-4H3/t19-,22+/m1/s1. The van der Waals surface area contributed by atoms with Gasteiger partial charge < -0.3 is 15.2 Å². The molecule has 1 amide bonds. The number of piperidine rings is 1. The summed E-state index contributed by atoms with van der Waals surface area (Å²) in [5, 5.41) is 1.11. The minimum atomic E-state index is 0.0458. The van der Waals surface area contributed by atoms with E-state index in [1.165, 1.54) is 11.3 Å². The zero-order valence-corrected chi connectivity index (χ0v) is 21.5. The number of nitrogens with zero attached hydrogens (tertiary/aromatic N) is 5. The number of aromatic nitrogens is 3. The lowest BCUT2D eigenvalue weighted by Gasteiger charge is -2.38. The van der Waals surface area contributed by atoms with Gasteiger partial charge in [0, 0.05) is 62.1 Å². The summed E-state index contributed by atoms with van der Waals surface area (Å²) in [4.78, 5) is 25.6. The Hall–Kier alpha value is -3.71. The summed E-state index contributed by atoms with van der Waals surface area (Å²) in [7, 11) is 5.67. The molecule has 0 saturated carbocycles. The molecule has 0 spiro atoms. The van der Waals surface area contributed by atoms with Gasteiger partial charge in [0.15, 0.2) is 0 Å². The highest BCUT2D eigenvalue weighted by Gasteiger charge is 2.27. The van der Waals surface area contributed by atoms with Crippen molar-refractivity contribution in [1.82, 2.24) is 24.3 Å². The van der Waals surface area contributed by atoms with Gasteiger partial charge in [-0.25, -0.2) is 4.98 Å². The van der Waals surface area contributed by atoms with E-state index in [1.807, 2.05) is 36.5 Å². The first-order valence-electron chi connectivity index (χ1n) is 12.5. The molecule has 0 aliphatic carbocycles. The van der Waals surface area contributed by atoms with Gasteiger partial charge >= 0.3 is 0 Å². The first-order chi connectivity index (χ1) is 17.3. The molecule has 1 aliphatic rings. The van der Waals surface area contributed by atoms with Crippen molar-refractivity contribution in [3.63, 3.8) is 0 Å². The second-order valence-corrected chi connectivity index (χ2v) is 10.1. The summed E-state index contributed by atoms with van der Waals surface area (Å²) in [6, 6.07) is 16.8. The maximum Gasteiger partial charge on any atom is 0.253 e. The lowest BCUT2D eigenvalue weighted by atomic mass is 9.85. The van der Waals surface area contributed by atoms with E-state index >= 15 is 0 Å². The Morgan fingerprint density at radius 1 is 1.11 bits per heavy atom. The fourth-order valence-electron chi connectivity index (χ4n) is 5.33. The van der Waals surface area contributed by atoms with Crippen LogP contribution < -0.4 is 5.73 Å².